The van der Waals surface area contributed by atoms with Gasteiger partial charge in [0.1, 0.15) is 5.82 Å². The predicted molar refractivity (Wildman–Crippen MR) is 404 cm³/mol. The molecule has 4 aliphatic carbocycles. The average molecular weight is 1410 g/mol. The lowest BCUT2D eigenvalue weighted by Gasteiger charge is -2.31. The van der Waals surface area contributed by atoms with Crippen molar-refractivity contribution in [2.24, 2.45) is 0 Å². The molecule has 13 rings (SSSR count). The number of fused-ring (bicyclic) bond motifs is 6. The van der Waals surface area contributed by atoms with Gasteiger partial charge in [0.05, 0.1) is 31.9 Å². The number of aromatic nitrogens is 1. The molecular formula is C82H76Cl4N10O4. The number of ketones is 1. The van der Waals surface area contributed by atoms with Crippen LogP contribution in [0.5, 0.6) is 0 Å². The van der Waals surface area contributed by atoms with Crippen molar-refractivity contribution >= 4 is 74.8 Å². The Morgan fingerprint density at radius 1 is 0.560 bits per heavy atom. The maximum atomic E-state index is 11.9. The van der Waals surface area contributed by atoms with Crippen LogP contribution in [0.3, 0.4) is 0 Å². The Morgan fingerprint density at radius 3 is 1.37 bits per heavy atom. The molecule has 18 heteroatoms. The summed E-state index contributed by atoms with van der Waals surface area (Å²) in [6.07, 6.45) is 8.28. The molecule has 4 aliphatic rings. The van der Waals surface area contributed by atoms with Gasteiger partial charge in [0, 0.05) is 102 Å². The number of hydrogen-bond donors (Lipinski definition) is 2. The maximum absolute atomic E-state index is 11.9. The Morgan fingerprint density at radius 2 is 0.950 bits per heavy atom. The zero-order valence-corrected chi connectivity index (χ0v) is 59.4. The summed E-state index contributed by atoms with van der Waals surface area (Å²) in [5, 5.41) is 21.6. The van der Waals surface area contributed by atoms with Crippen LogP contribution >= 0.6 is 46.4 Å². The Bertz CT molecular complexity index is 4640. The molecule has 0 radical (unpaired) electrons. The van der Waals surface area contributed by atoms with Crippen molar-refractivity contribution in [1.29, 1.82) is 10.5 Å². The molecule has 4 atom stereocenters. The molecule has 1 aromatic heterocycles. The van der Waals surface area contributed by atoms with E-state index in [2.05, 4.69) is 92.3 Å². The first-order valence-electron chi connectivity index (χ1n) is 31.6. The SMILES string of the molecule is COC(OC)N(C)C.N.O.O=C1CCC(c2ccc(Cl)cc2)c2ccccc21.[C-]#[N+]/C(C#N)=C1/C(=C/N(C)C)CC(c2ccc(Cl)cc2)c2ccccc21.[C-]#[N+]/C(C#N)=C1/CCC(c2ccc(Cl)cc2)c2ccccc21.[C-]#[N+]c1c(N)ncc2c1-c1ccccc1C(c1ccc(Cl)cc1)C2. The van der Waals surface area contributed by atoms with Crippen LogP contribution in [0.2, 0.25) is 20.1 Å². The molecule has 0 fully saturated rings. The molecule has 0 amide bonds. The van der Waals surface area contributed by atoms with Crippen LogP contribution in [0.25, 0.3) is 36.8 Å². The Kier molecular flexibility index (Phi) is 28.2. The van der Waals surface area contributed by atoms with E-state index in [1.165, 1.54) is 33.4 Å². The largest absolute Gasteiger partial charge is 0.412 e. The van der Waals surface area contributed by atoms with Gasteiger partial charge in [0.25, 0.3) is 11.4 Å². The molecule has 7 N–H and O–H groups in total. The third kappa shape index (κ3) is 18.2. The third-order valence-corrected chi connectivity index (χ3v) is 18.6. The number of methoxy groups -OCH3 is 2. The summed E-state index contributed by atoms with van der Waals surface area (Å²) in [6, 6.07) is 68.1. The van der Waals surface area contributed by atoms with E-state index in [1.54, 1.807) is 20.4 Å². The second-order valence-electron chi connectivity index (χ2n) is 24.0. The minimum atomic E-state index is -0.213. The number of halogens is 4. The number of nitrogens with two attached hydrogens (primary N) is 1. The molecule has 0 aliphatic heterocycles. The summed E-state index contributed by atoms with van der Waals surface area (Å²) in [4.78, 5) is 30.4. The molecule has 0 saturated heterocycles. The normalized spacial score (nSPS) is 17.0. The topological polar surface area (TPSA) is 208 Å². The van der Waals surface area contributed by atoms with Crippen molar-refractivity contribution in [1.82, 2.24) is 20.9 Å². The first-order valence-corrected chi connectivity index (χ1v) is 33.2. The number of rotatable bonds is 8. The Labute approximate surface area is 606 Å². The molecule has 9 aromatic rings. The summed E-state index contributed by atoms with van der Waals surface area (Å²) in [6.45, 7) is 22.1. The van der Waals surface area contributed by atoms with Gasteiger partial charge < -0.3 is 31.7 Å². The number of allylic oxidation sites excluding steroid dienone is 5. The number of ether oxygens (including phenoxy) is 2. The van der Waals surface area contributed by atoms with E-state index in [4.69, 9.17) is 81.3 Å². The molecule has 14 nitrogen and oxygen atoms in total. The van der Waals surface area contributed by atoms with Gasteiger partial charge in [-0.05, 0) is 178 Å². The lowest BCUT2D eigenvalue weighted by Crippen LogP contribution is -2.30. The second kappa shape index (κ2) is 36.6. The van der Waals surface area contributed by atoms with Crippen LogP contribution in [0.4, 0.5) is 11.5 Å². The van der Waals surface area contributed by atoms with E-state index in [0.717, 1.165) is 108 Å². The highest BCUT2D eigenvalue weighted by Gasteiger charge is 2.33. The van der Waals surface area contributed by atoms with Crippen molar-refractivity contribution in [3.63, 3.8) is 0 Å². The smallest absolute Gasteiger partial charge is 0.269 e. The number of pyridine rings is 1. The number of hydrogen-bond acceptors (Lipinski definition) is 10. The molecule has 0 spiro atoms. The van der Waals surface area contributed by atoms with Gasteiger partial charge in [0.2, 0.25) is 12.1 Å². The minimum absolute atomic E-state index is 0. The zero-order chi connectivity index (χ0) is 70.0. The van der Waals surface area contributed by atoms with Crippen LogP contribution in [0, 0.1) is 42.4 Å². The maximum Gasteiger partial charge on any atom is 0.269 e. The number of nitrogen functional groups attached to an aromatic ring is 1. The van der Waals surface area contributed by atoms with E-state index in [-0.39, 0.29) is 53.0 Å². The first-order chi connectivity index (χ1) is 47.4. The highest BCUT2D eigenvalue weighted by atomic mass is 35.5. The zero-order valence-electron chi connectivity index (χ0n) is 56.4. The van der Waals surface area contributed by atoms with Crippen molar-refractivity contribution in [2.45, 2.75) is 68.6 Å². The van der Waals surface area contributed by atoms with E-state index in [1.807, 2.05) is 178 Å². The lowest BCUT2D eigenvalue weighted by molar-refractivity contribution is -0.179. The fraction of sp³-hybridized carbons (Fsp3) is 0.207. The van der Waals surface area contributed by atoms with Gasteiger partial charge in [-0.25, -0.2) is 25.1 Å². The molecule has 0 saturated carbocycles. The number of carbonyl (C=O) groups is 1. The highest BCUT2D eigenvalue weighted by molar-refractivity contribution is 6.31. The highest BCUT2D eigenvalue weighted by Crippen LogP contribution is 2.50. The summed E-state index contributed by atoms with van der Waals surface area (Å²) in [5.74, 6) is 1.53. The van der Waals surface area contributed by atoms with Gasteiger partial charge in [0.15, 0.2) is 5.78 Å². The fourth-order valence-electron chi connectivity index (χ4n) is 13.2. The molecule has 4 unspecified atom stereocenters. The Balaban J connectivity index is 0.000000180. The fourth-order valence-corrected chi connectivity index (χ4v) is 13.7. The number of nitrogens with zero attached hydrogens (tertiary/aromatic N) is 8. The van der Waals surface area contributed by atoms with E-state index >= 15 is 0 Å². The van der Waals surface area contributed by atoms with Gasteiger partial charge in [-0.1, -0.05) is 192 Å². The average Bonchev–Trinajstić information content (AvgIpc) is 0.766. The Hall–Kier alpha value is -10.2. The van der Waals surface area contributed by atoms with E-state index in [0.29, 0.717) is 28.9 Å². The lowest BCUT2D eigenvalue weighted by atomic mass is 9.74. The number of nitriles is 2. The third-order valence-electron chi connectivity index (χ3n) is 17.6. The van der Waals surface area contributed by atoms with Crippen LogP contribution in [0.1, 0.15) is 127 Å². The van der Waals surface area contributed by atoms with Crippen LogP contribution in [-0.2, 0) is 15.9 Å². The number of Topliss-reactive ketones (excluding diaryl/α,β-unsaturated/α-hetero) is 1. The van der Waals surface area contributed by atoms with Gasteiger partial charge in [-0.15, -0.1) is 0 Å². The molecule has 8 aromatic carbocycles. The molecule has 506 valence electrons. The number of benzene rings is 8. The van der Waals surface area contributed by atoms with Crippen molar-refractivity contribution in [3.05, 3.63) is 345 Å². The van der Waals surface area contributed by atoms with E-state index < -0.39 is 0 Å². The summed E-state index contributed by atoms with van der Waals surface area (Å²) in [5.41, 5.74) is 24.8. The summed E-state index contributed by atoms with van der Waals surface area (Å²) in [7, 11) is 10.9. The second-order valence-corrected chi connectivity index (χ2v) is 25.8. The minimum Gasteiger partial charge on any atom is -0.412 e. The van der Waals surface area contributed by atoms with Gasteiger partial charge in [-0.2, -0.15) is 0 Å². The summed E-state index contributed by atoms with van der Waals surface area (Å²) >= 11 is 24.0. The molecule has 100 heavy (non-hydrogen) atoms. The van der Waals surface area contributed by atoms with Gasteiger partial charge in [-0.3, -0.25) is 14.7 Å². The number of anilines is 1. The van der Waals surface area contributed by atoms with Crippen molar-refractivity contribution in [2.75, 3.05) is 48.1 Å². The van der Waals surface area contributed by atoms with E-state index in [9.17, 15) is 15.3 Å². The first kappa shape index (κ1) is 77.2. The molecule has 0 bridgehead atoms. The standard InChI is InChI=1S/C22H18ClN3.C20H14ClN3.C19H13ClN2.C16H13ClO.C5H13NO2.H3N.H2O/c1-25-21(13-24)22-16(14-26(2)3)12-20(15-8-10-17(23)11-9-15)18-6-4-5-7-19(18)22;1-23-19-18-13(11-24-20(19)22)10-17(12-6-8-14(21)9-7-12)15-4-2-3-5-16(15)18;1-22-19(12-21)18-11-10-15(13-6-8-14(20)9-7-13)16-4-2-3-5-17(16)18;17-12-7-5-11(6-8-12)13-9-10-16(18)15-4-2-1-3-14(13)15;1-6(2)5(7-3)8-4;;/h4-11,14,20H,12H2,2-3H3;2-9,11,17H,10H2,(H2,22,24);2-9,15H,10-11H2;1-8,13H,9-10H2;5H,1-4H3;1H3;1H2/b16-14+,22-21-;;19-18-;;;;. The monoisotopic (exact) mass is 1400 g/mol. The van der Waals surface area contributed by atoms with Crippen molar-refractivity contribution in [3.8, 4) is 23.3 Å². The molecule has 1 heterocycles. The van der Waals surface area contributed by atoms with Crippen LogP contribution < -0.4 is 11.9 Å². The quantitative estimate of drug-likeness (QED) is 0.0835. The molecular weight excluding hydrogens is 1330 g/mol. The predicted octanol–water partition coefficient (Wildman–Crippen LogP) is 20.0. The summed E-state index contributed by atoms with van der Waals surface area (Å²) < 4.78 is 9.73. The van der Waals surface area contributed by atoms with Crippen molar-refractivity contribution < 1.29 is 19.7 Å². The van der Waals surface area contributed by atoms with Crippen LogP contribution in [-0.4, -0.2) is 74.9 Å². The number of carbonyl (C=O) groups excluding carboxylic acids is 1. The van der Waals surface area contributed by atoms with Crippen LogP contribution in [0.15, 0.2) is 223 Å². The van der Waals surface area contributed by atoms with Gasteiger partial charge >= 0.3 is 0 Å².